The highest BCUT2D eigenvalue weighted by molar-refractivity contribution is 5.94. The number of benzene rings is 2. The minimum Gasteiger partial charge on any atom is -0.399 e. The number of nitrogens with one attached hydrogen (secondary N) is 1. The molecule has 0 bridgehead atoms. The molecule has 3 aromatic rings. The van der Waals surface area contributed by atoms with E-state index in [2.05, 4.69) is 21.4 Å². The Kier molecular flexibility index (Phi) is 4.58. The van der Waals surface area contributed by atoms with E-state index in [4.69, 9.17) is 16.7 Å². The summed E-state index contributed by atoms with van der Waals surface area (Å²) in [5.41, 5.74) is 15.4. The van der Waals surface area contributed by atoms with Crippen molar-refractivity contribution in [3.05, 3.63) is 72.4 Å². The number of rotatable bonds is 3. The third-order valence-electron chi connectivity index (χ3n) is 3.54. The maximum absolute atomic E-state index is 9.09. The number of guanidine groups is 1. The SMILES string of the molecule is N#Cc1ccccc1NC(N)=Nc1ccc(-c2ccc(N)cc2)cn1. The molecule has 0 aliphatic heterocycles. The zero-order chi connectivity index (χ0) is 17.6. The van der Waals surface area contributed by atoms with Crippen molar-refractivity contribution in [1.29, 1.82) is 5.26 Å². The van der Waals surface area contributed by atoms with Gasteiger partial charge in [0.15, 0.2) is 11.8 Å². The average Bonchev–Trinajstić information content (AvgIpc) is 2.63. The van der Waals surface area contributed by atoms with Gasteiger partial charge in [-0.05, 0) is 42.0 Å². The summed E-state index contributed by atoms with van der Waals surface area (Å²) in [7, 11) is 0. The highest BCUT2D eigenvalue weighted by Crippen LogP contribution is 2.21. The van der Waals surface area contributed by atoms with Crippen molar-refractivity contribution in [2.24, 2.45) is 10.7 Å². The Morgan fingerprint density at radius 3 is 2.40 bits per heavy atom. The summed E-state index contributed by atoms with van der Waals surface area (Å²) in [5.74, 6) is 0.633. The second-order valence-corrected chi connectivity index (χ2v) is 5.31. The minimum absolute atomic E-state index is 0.162. The highest BCUT2D eigenvalue weighted by Gasteiger charge is 2.03. The molecule has 0 saturated heterocycles. The summed E-state index contributed by atoms with van der Waals surface area (Å²) in [5, 5.41) is 12.0. The first-order chi connectivity index (χ1) is 12.2. The monoisotopic (exact) mass is 328 g/mol. The minimum atomic E-state index is 0.162. The number of anilines is 2. The second-order valence-electron chi connectivity index (χ2n) is 5.31. The van der Waals surface area contributed by atoms with Crippen molar-refractivity contribution in [2.45, 2.75) is 0 Å². The number of pyridine rings is 1. The lowest BCUT2D eigenvalue weighted by Gasteiger charge is -2.07. The Morgan fingerprint density at radius 1 is 1.00 bits per heavy atom. The van der Waals surface area contributed by atoms with Gasteiger partial charge < -0.3 is 16.8 Å². The van der Waals surface area contributed by atoms with Gasteiger partial charge in [0.2, 0.25) is 0 Å². The van der Waals surface area contributed by atoms with E-state index in [-0.39, 0.29) is 5.96 Å². The molecule has 0 unspecified atom stereocenters. The van der Waals surface area contributed by atoms with Gasteiger partial charge in [-0.2, -0.15) is 10.3 Å². The van der Waals surface area contributed by atoms with E-state index in [1.807, 2.05) is 36.4 Å². The average molecular weight is 328 g/mol. The Hall–Kier alpha value is -3.85. The van der Waals surface area contributed by atoms with E-state index in [0.717, 1.165) is 16.8 Å². The van der Waals surface area contributed by atoms with Crippen molar-refractivity contribution < 1.29 is 0 Å². The van der Waals surface area contributed by atoms with Gasteiger partial charge >= 0.3 is 0 Å². The number of nitriles is 1. The molecule has 0 aliphatic carbocycles. The fourth-order valence-corrected chi connectivity index (χ4v) is 2.28. The van der Waals surface area contributed by atoms with E-state index in [1.165, 1.54) is 0 Å². The normalized spacial score (nSPS) is 10.9. The smallest absolute Gasteiger partial charge is 0.199 e. The number of nitrogens with two attached hydrogens (primary N) is 2. The van der Waals surface area contributed by atoms with Gasteiger partial charge in [-0.3, -0.25) is 0 Å². The molecule has 6 nitrogen and oxygen atoms in total. The predicted molar refractivity (Wildman–Crippen MR) is 100 cm³/mol. The summed E-state index contributed by atoms with van der Waals surface area (Å²) in [6.45, 7) is 0. The van der Waals surface area contributed by atoms with Crippen molar-refractivity contribution >= 4 is 23.2 Å². The third kappa shape index (κ3) is 3.92. The number of hydrogen-bond donors (Lipinski definition) is 3. The quantitative estimate of drug-likeness (QED) is 0.388. The molecule has 1 heterocycles. The van der Waals surface area contributed by atoms with Crippen molar-refractivity contribution in [3.8, 4) is 17.2 Å². The first kappa shape index (κ1) is 16.0. The summed E-state index contributed by atoms with van der Waals surface area (Å²) < 4.78 is 0. The molecular formula is C19H16N6. The lowest BCUT2D eigenvalue weighted by atomic mass is 10.1. The first-order valence-electron chi connectivity index (χ1n) is 7.58. The number of aliphatic imine (C=N–C) groups is 1. The highest BCUT2D eigenvalue weighted by atomic mass is 15.1. The molecule has 0 aliphatic rings. The third-order valence-corrected chi connectivity index (χ3v) is 3.54. The number of aromatic nitrogens is 1. The van der Waals surface area contributed by atoms with Crippen LogP contribution in [0.1, 0.15) is 5.56 Å². The molecular weight excluding hydrogens is 312 g/mol. The summed E-state index contributed by atoms with van der Waals surface area (Å²) in [6.07, 6.45) is 1.72. The van der Waals surface area contributed by atoms with Crippen LogP contribution in [0, 0.1) is 11.3 Å². The molecule has 122 valence electrons. The van der Waals surface area contributed by atoms with E-state index >= 15 is 0 Å². The van der Waals surface area contributed by atoms with Crippen LogP contribution in [0.3, 0.4) is 0 Å². The first-order valence-corrected chi connectivity index (χ1v) is 7.58. The second kappa shape index (κ2) is 7.15. The number of nitrogen functional groups attached to an aromatic ring is 1. The fourth-order valence-electron chi connectivity index (χ4n) is 2.28. The fraction of sp³-hybridized carbons (Fsp3) is 0. The van der Waals surface area contributed by atoms with E-state index in [0.29, 0.717) is 17.1 Å². The van der Waals surface area contributed by atoms with E-state index < -0.39 is 0 Å². The van der Waals surface area contributed by atoms with Crippen LogP contribution in [0.15, 0.2) is 71.9 Å². The summed E-state index contributed by atoms with van der Waals surface area (Å²) >= 11 is 0. The maximum Gasteiger partial charge on any atom is 0.199 e. The van der Waals surface area contributed by atoms with E-state index in [1.54, 1.807) is 30.5 Å². The molecule has 0 atom stereocenters. The predicted octanol–water partition coefficient (Wildman–Crippen LogP) is 3.26. The molecule has 25 heavy (non-hydrogen) atoms. The maximum atomic E-state index is 9.09. The van der Waals surface area contributed by atoms with Crippen LogP contribution >= 0.6 is 0 Å². The zero-order valence-corrected chi connectivity index (χ0v) is 13.3. The molecule has 2 aromatic carbocycles. The Morgan fingerprint density at radius 2 is 1.72 bits per heavy atom. The molecule has 0 radical (unpaired) electrons. The molecule has 5 N–H and O–H groups in total. The summed E-state index contributed by atoms with van der Waals surface area (Å²) in [6, 6.07) is 20.4. The Bertz CT molecular complexity index is 937. The van der Waals surface area contributed by atoms with Crippen LogP contribution in [-0.4, -0.2) is 10.9 Å². The van der Waals surface area contributed by atoms with Crippen LogP contribution < -0.4 is 16.8 Å². The van der Waals surface area contributed by atoms with Gasteiger partial charge in [0.1, 0.15) is 6.07 Å². The number of para-hydroxylation sites is 1. The van der Waals surface area contributed by atoms with Gasteiger partial charge in [-0.1, -0.05) is 24.3 Å². The molecule has 1 aromatic heterocycles. The standard InChI is InChI=1S/C19H16N6/c20-11-14-3-1-2-4-17(14)24-19(22)25-18-10-7-15(12-23-18)13-5-8-16(21)9-6-13/h1-10,12H,21H2,(H3,22,23,24,25). The summed E-state index contributed by atoms with van der Waals surface area (Å²) in [4.78, 5) is 8.52. The van der Waals surface area contributed by atoms with Crippen LogP contribution in [0.2, 0.25) is 0 Å². The van der Waals surface area contributed by atoms with Crippen molar-refractivity contribution in [1.82, 2.24) is 4.98 Å². The molecule has 3 rings (SSSR count). The van der Waals surface area contributed by atoms with Crippen LogP contribution in [0.5, 0.6) is 0 Å². The molecule has 0 spiro atoms. The lowest BCUT2D eigenvalue weighted by molar-refractivity contribution is 1.26. The van der Waals surface area contributed by atoms with Gasteiger partial charge in [-0.15, -0.1) is 0 Å². The zero-order valence-electron chi connectivity index (χ0n) is 13.3. The number of nitrogens with zero attached hydrogens (tertiary/aromatic N) is 3. The van der Waals surface area contributed by atoms with Gasteiger partial charge in [-0.25, -0.2) is 4.98 Å². The number of hydrogen-bond acceptors (Lipinski definition) is 4. The van der Waals surface area contributed by atoms with Crippen molar-refractivity contribution in [2.75, 3.05) is 11.1 Å². The molecule has 0 saturated carbocycles. The van der Waals surface area contributed by atoms with Gasteiger partial charge in [0.05, 0.1) is 11.3 Å². The van der Waals surface area contributed by atoms with Crippen LogP contribution in [0.25, 0.3) is 11.1 Å². The molecule has 6 heteroatoms. The van der Waals surface area contributed by atoms with Gasteiger partial charge in [0.25, 0.3) is 0 Å². The molecule has 0 fully saturated rings. The Balaban J connectivity index is 1.77. The molecule has 0 amide bonds. The van der Waals surface area contributed by atoms with Gasteiger partial charge in [0, 0.05) is 17.4 Å². The van der Waals surface area contributed by atoms with E-state index in [9.17, 15) is 0 Å². The largest absolute Gasteiger partial charge is 0.399 e. The van der Waals surface area contributed by atoms with Crippen LogP contribution in [0.4, 0.5) is 17.2 Å². The van der Waals surface area contributed by atoms with Crippen molar-refractivity contribution in [3.63, 3.8) is 0 Å². The lowest BCUT2D eigenvalue weighted by Crippen LogP contribution is -2.22. The topological polar surface area (TPSA) is 113 Å². The van der Waals surface area contributed by atoms with Crippen LogP contribution in [-0.2, 0) is 0 Å². The Labute approximate surface area is 145 Å².